The van der Waals surface area contributed by atoms with Crippen LogP contribution in [0.15, 0.2) is 42.6 Å². The Hall–Kier alpha value is -2.40. The molecule has 1 aromatic heterocycles. The van der Waals surface area contributed by atoms with Crippen LogP contribution in [0.3, 0.4) is 0 Å². The number of hydrogen-bond acceptors (Lipinski definition) is 4. The van der Waals surface area contributed by atoms with Gasteiger partial charge in [0.05, 0.1) is 12.2 Å². The molecule has 0 aliphatic carbocycles. The lowest BCUT2D eigenvalue weighted by Gasteiger charge is -2.31. The molecule has 144 valence electrons. The molecule has 5 nitrogen and oxygen atoms in total. The smallest absolute Gasteiger partial charge is 0.261 e. The predicted octanol–water partition coefficient (Wildman–Crippen LogP) is 3.25. The van der Waals surface area contributed by atoms with Crippen molar-refractivity contribution < 1.29 is 9.53 Å². The van der Waals surface area contributed by atoms with Crippen molar-refractivity contribution in [2.75, 3.05) is 19.7 Å². The Morgan fingerprint density at radius 2 is 2.11 bits per heavy atom. The average molecular weight is 367 g/mol. The molecular formula is C22H29N3O2. The van der Waals surface area contributed by atoms with E-state index < -0.39 is 0 Å². The summed E-state index contributed by atoms with van der Waals surface area (Å²) < 4.78 is 5.87. The van der Waals surface area contributed by atoms with E-state index in [0.29, 0.717) is 6.54 Å². The van der Waals surface area contributed by atoms with E-state index in [1.807, 2.05) is 42.2 Å². The fourth-order valence-corrected chi connectivity index (χ4v) is 3.58. The topological polar surface area (TPSA) is 54.5 Å². The molecule has 0 radical (unpaired) electrons. The Bertz CT molecular complexity index is 740. The lowest BCUT2D eigenvalue weighted by molar-refractivity contribution is -0.136. The molecule has 0 spiro atoms. The second kappa shape index (κ2) is 9.51. The molecule has 1 aliphatic rings. The normalized spacial score (nSPS) is 17.2. The highest BCUT2D eigenvalue weighted by Crippen LogP contribution is 2.20. The second-order valence-electron chi connectivity index (χ2n) is 7.24. The van der Waals surface area contributed by atoms with Gasteiger partial charge in [0.2, 0.25) is 0 Å². The van der Waals surface area contributed by atoms with Crippen molar-refractivity contribution in [1.29, 1.82) is 0 Å². The maximum atomic E-state index is 13.1. The summed E-state index contributed by atoms with van der Waals surface area (Å²) in [6.45, 7) is 6.60. The van der Waals surface area contributed by atoms with Gasteiger partial charge in [-0.1, -0.05) is 23.8 Å². The third-order valence-electron chi connectivity index (χ3n) is 5.05. The predicted molar refractivity (Wildman–Crippen MR) is 107 cm³/mol. The first-order valence-corrected chi connectivity index (χ1v) is 9.73. The molecule has 1 N–H and O–H groups in total. The average Bonchev–Trinajstić information content (AvgIpc) is 2.95. The molecule has 2 heterocycles. The standard InChI is InChI=1S/C22H29N3O2/c1-17-8-9-21(18(2)14-17)27-16-22(26)25(15-19-6-3-4-12-24-19)20-7-5-11-23-13-10-20/h3-4,6,8-9,12,14,20,23H,5,7,10-11,13,15-16H2,1-2H3. The number of ether oxygens (including phenoxy) is 1. The zero-order valence-corrected chi connectivity index (χ0v) is 16.3. The molecule has 27 heavy (non-hydrogen) atoms. The number of carbonyl (C=O) groups excluding carboxylic acids is 1. The Labute approximate surface area is 161 Å². The summed E-state index contributed by atoms with van der Waals surface area (Å²) in [5, 5.41) is 3.42. The van der Waals surface area contributed by atoms with Crippen LogP contribution in [0, 0.1) is 13.8 Å². The summed E-state index contributed by atoms with van der Waals surface area (Å²) in [4.78, 5) is 19.4. The maximum absolute atomic E-state index is 13.1. The van der Waals surface area contributed by atoms with Gasteiger partial charge in [0, 0.05) is 12.2 Å². The minimum Gasteiger partial charge on any atom is -0.483 e. The van der Waals surface area contributed by atoms with Gasteiger partial charge in [0.15, 0.2) is 6.61 Å². The highest BCUT2D eigenvalue weighted by Gasteiger charge is 2.25. The van der Waals surface area contributed by atoms with Crippen molar-refractivity contribution in [3.63, 3.8) is 0 Å². The number of pyridine rings is 1. The number of hydrogen-bond donors (Lipinski definition) is 1. The minimum atomic E-state index is 0.0209. The van der Waals surface area contributed by atoms with Gasteiger partial charge in [-0.15, -0.1) is 0 Å². The number of nitrogens with one attached hydrogen (secondary N) is 1. The van der Waals surface area contributed by atoms with Crippen LogP contribution in [-0.2, 0) is 11.3 Å². The number of aromatic nitrogens is 1. The molecule has 1 aliphatic heterocycles. The first-order chi connectivity index (χ1) is 13.1. The van der Waals surface area contributed by atoms with Gasteiger partial charge in [-0.3, -0.25) is 9.78 Å². The first-order valence-electron chi connectivity index (χ1n) is 9.73. The summed E-state index contributed by atoms with van der Waals surface area (Å²) in [6, 6.07) is 12.1. The molecule has 5 heteroatoms. The van der Waals surface area contributed by atoms with Crippen LogP contribution in [0.2, 0.25) is 0 Å². The lowest BCUT2D eigenvalue weighted by atomic mass is 10.1. The Morgan fingerprint density at radius 3 is 2.89 bits per heavy atom. The van der Waals surface area contributed by atoms with E-state index in [0.717, 1.165) is 49.4 Å². The summed E-state index contributed by atoms with van der Waals surface area (Å²) in [6.07, 6.45) is 4.82. The third kappa shape index (κ3) is 5.54. The number of amides is 1. The van der Waals surface area contributed by atoms with Gasteiger partial charge in [-0.2, -0.15) is 0 Å². The molecular weight excluding hydrogens is 338 g/mol. The number of benzene rings is 1. The fourth-order valence-electron chi connectivity index (χ4n) is 3.58. The van der Waals surface area contributed by atoms with E-state index in [-0.39, 0.29) is 18.6 Å². The molecule has 1 unspecified atom stereocenters. The number of rotatable bonds is 6. The molecule has 2 aromatic rings. The number of nitrogens with zero attached hydrogens (tertiary/aromatic N) is 2. The van der Waals surface area contributed by atoms with Gasteiger partial charge >= 0.3 is 0 Å². The molecule has 1 atom stereocenters. The van der Waals surface area contributed by atoms with Crippen molar-refractivity contribution in [3.8, 4) is 5.75 Å². The molecule has 1 aromatic carbocycles. The summed E-state index contributed by atoms with van der Waals surface area (Å²) in [5.41, 5.74) is 3.15. The van der Waals surface area contributed by atoms with Crippen LogP contribution < -0.4 is 10.1 Å². The molecule has 1 fully saturated rings. The van der Waals surface area contributed by atoms with Crippen molar-refractivity contribution in [1.82, 2.24) is 15.2 Å². The largest absolute Gasteiger partial charge is 0.483 e. The quantitative estimate of drug-likeness (QED) is 0.852. The Morgan fingerprint density at radius 1 is 1.22 bits per heavy atom. The SMILES string of the molecule is Cc1ccc(OCC(=O)N(Cc2ccccn2)C2CCCNCC2)c(C)c1. The summed E-state index contributed by atoms with van der Waals surface area (Å²) in [5.74, 6) is 0.793. The minimum absolute atomic E-state index is 0.0209. The lowest BCUT2D eigenvalue weighted by Crippen LogP contribution is -2.43. The number of carbonyl (C=O) groups is 1. The Balaban J connectivity index is 1.71. The highest BCUT2D eigenvalue weighted by atomic mass is 16.5. The summed E-state index contributed by atoms with van der Waals surface area (Å²) >= 11 is 0. The molecule has 1 amide bonds. The van der Waals surface area contributed by atoms with Gasteiger partial charge in [0.1, 0.15) is 5.75 Å². The molecule has 3 rings (SSSR count). The van der Waals surface area contributed by atoms with Crippen molar-refractivity contribution in [2.45, 2.75) is 45.7 Å². The van der Waals surface area contributed by atoms with Gasteiger partial charge in [-0.25, -0.2) is 0 Å². The van der Waals surface area contributed by atoms with E-state index in [4.69, 9.17) is 4.74 Å². The number of aryl methyl sites for hydroxylation is 2. The van der Waals surface area contributed by atoms with Gasteiger partial charge < -0.3 is 15.0 Å². The third-order valence-corrected chi connectivity index (χ3v) is 5.05. The van der Waals surface area contributed by atoms with Crippen LogP contribution in [0.1, 0.15) is 36.1 Å². The zero-order valence-electron chi connectivity index (χ0n) is 16.3. The highest BCUT2D eigenvalue weighted by molar-refractivity contribution is 5.78. The zero-order chi connectivity index (χ0) is 19.1. The first kappa shape index (κ1) is 19.4. The van der Waals surface area contributed by atoms with E-state index in [1.54, 1.807) is 6.20 Å². The van der Waals surface area contributed by atoms with Crippen LogP contribution in [0.25, 0.3) is 0 Å². The van der Waals surface area contributed by atoms with Gasteiger partial charge in [-0.05, 0) is 70.0 Å². The van der Waals surface area contributed by atoms with Crippen molar-refractivity contribution in [2.24, 2.45) is 0 Å². The summed E-state index contributed by atoms with van der Waals surface area (Å²) in [7, 11) is 0. The molecule has 1 saturated heterocycles. The van der Waals surface area contributed by atoms with E-state index in [9.17, 15) is 4.79 Å². The van der Waals surface area contributed by atoms with Gasteiger partial charge in [0.25, 0.3) is 5.91 Å². The van der Waals surface area contributed by atoms with E-state index in [1.165, 1.54) is 5.56 Å². The van der Waals surface area contributed by atoms with Crippen molar-refractivity contribution in [3.05, 3.63) is 59.4 Å². The van der Waals surface area contributed by atoms with Crippen molar-refractivity contribution >= 4 is 5.91 Å². The fraction of sp³-hybridized carbons (Fsp3) is 0.455. The van der Waals surface area contributed by atoms with E-state index in [2.05, 4.69) is 23.3 Å². The van der Waals surface area contributed by atoms with Crippen LogP contribution in [0.5, 0.6) is 5.75 Å². The Kier molecular flexibility index (Phi) is 6.82. The van der Waals surface area contributed by atoms with Crippen LogP contribution in [-0.4, -0.2) is 41.5 Å². The maximum Gasteiger partial charge on any atom is 0.261 e. The second-order valence-corrected chi connectivity index (χ2v) is 7.24. The van der Waals surface area contributed by atoms with E-state index >= 15 is 0 Å². The monoisotopic (exact) mass is 367 g/mol. The van der Waals surface area contributed by atoms with Crippen LogP contribution >= 0.6 is 0 Å². The molecule has 0 saturated carbocycles. The molecule has 0 bridgehead atoms. The van der Waals surface area contributed by atoms with Crippen LogP contribution in [0.4, 0.5) is 0 Å².